The van der Waals surface area contributed by atoms with E-state index in [9.17, 15) is 14.7 Å². The van der Waals surface area contributed by atoms with Gasteiger partial charge in [0.15, 0.2) is 0 Å². The van der Waals surface area contributed by atoms with E-state index in [1.165, 1.54) is 11.2 Å². The second kappa shape index (κ2) is 8.70. The van der Waals surface area contributed by atoms with Gasteiger partial charge in [-0.2, -0.15) is 0 Å². The Balaban J connectivity index is 1.86. The molecule has 1 aliphatic heterocycles. The molecular weight excluding hydrogens is 418 g/mol. The molecule has 0 radical (unpaired) electrons. The van der Waals surface area contributed by atoms with Gasteiger partial charge in [-0.05, 0) is 48.9 Å². The molecule has 3 aromatic rings. The minimum absolute atomic E-state index is 0.00697. The van der Waals surface area contributed by atoms with Crippen LogP contribution >= 0.6 is 11.6 Å². The van der Waals surface area contributed by atoms with Crippen molar-refractivity contribution in [1.82, 2.24) is 4.90 Å². The largest absolute Gasteiger partial charge is 0.507 e. The summed E-state index contributed by atoms with van der Waals surface area (Å²) in [6, 6.07) is 16.3. The number of likely N-dealkylation sites (tertiary alicyclic amines) is 1. The van der Waals surface area contributed by atoms with Gasteiger partial charge in [-0.1, -0.05) is 35.9 Å². The van der Waals surface area contributed by atoms with Crippen molar-refractivity contribution >= 4 is 29.1 Å². The number of carbonyl (C=O) groups is 2. The summed E-state index contributed by atoms with van der Waals surface area (Å²) in [4.78, 5) is 27.4. The van der Waals surface area contributed by atoms with Gasteiger partial charge in [0.25, 0.3) is 11.7 Å². The Labute approximate surface area is 184 Å². The number of Topliss-reactive ketones (excluding diaryl/α,β-unsaturated/α-hetero) is 1. The number of hydrogen-bond acceptors (Lipinski definition) is 5. The molecule has 2 heterocycles. The van der Waals surface area contributed by atoms with Crippen LogP contribution in [0.4, 0.5) is 0 Å². The Morgan fingerprint density at radius 3 is 2.65 bits per heavy atom. The third-order valence-electron chi connectivity index (χ3n) is 5.03. The lowest BCUT2D eigenvalue weighted by atomic mass is 9.95. The van der Waals surface area contributed by atoms with Crippen LogP contribution in [0.2, 0.25) is 5.02 Å². The molecule has 158 valence electrons. The maximum atomic E-state index is 13.0. The molecule has 0 aliphatic carbocycles. The van der Waals surface area contributed by atoms with Crippen LogP contribution in [0.1, 0.15) is 29.9 Å². The molecule has 7 heteroatoms. The van der Waals surface area contributed by atoms with Crippen LogP contribution in [-0.4, -0.2) is 28.3 Å². The van der Waals surface area contributed by atoms with Gasteiger partial charge in [-0.3, -0.25) is 9.59 Å². The highest BCUT2D eigenvalue weighted by molar-refractivity contribution is 6.46. The van der Waals surface area contributed by atoms with E-state index in [4.69, 9.17) is 20.8 Å². The molecule has 1 unspecified atom stereocenters. The summed E-state index contributed by atoms with van der Waals surface area (Å²) in [5.41, 5.74) is 0.988. The molecule has 1 atom stereocenters. The number of ketones is 1. The molecule has 31 heavy (non-hydrogen) atoms. The molecule has 0 bridgehead atoms. The maximum Gasteiger partial charge on any atom is 0.296 e. The van der Waals surface area contributed by atoms with Crippen molar-refractivity contribution in [3.8, 4) is 5.75 Å². The molecule has 2 aromatic carbocycles. The van der Waals surface area contributed by atoms with E-state index in [1.807, 2.05) is 6.92 Å². The summed E-state index contributed by atoms with van der Waals surface area (Å²) in [6.07, 6.45) is 1.50. The number of amides is 1. The van der Waals surface area contributed by atoms with Crippen molar-refractivity contribution in [3.05, 3.63) is 94.4 Å². The molecule has 0 spiro atoms. The number of aliphatic hydroxyl groups is 1. The second-order valence-corrected chi connectivity index (χ2v) is 7.46. The lowest BCUT2D eigenvalue weighted by Gasteiger charge is -2.24. The molecule has 1 aromatic heterocycles. The summed E-state index contributed by atoms with van der Waals surface area (Å²) in [6.45, 7) is 2.39. The lowest BCUT2D eigenvalue weighted by molar-refractivity contribution is -0.140. The molecule has 1 amide bonds. The molecule has 0 saturated carbocycles. The van der Waals surface area contributed by atoms with E-state index in [0.717, 1.165) is 0 Å². The zero-order valence-corrected chi connectivity index (χ0v) is 17.5. The molecule has 4 rings (SSSR count). The molecule has 6 nitrogen and oxygen atoms in total. The summed E-state index contributed by atoms with van der Waals surface area (Å²) >= 11 is 6.18. The average molecular weight is 438 g/mol. The third-order valence-corrected chi connectivity index (χ3v) is 5.26. The number of ether oxygens (including phenoxy) is 1. The van der Waals surface area contributed by atoms with Crippen LogP contribution in [0.3, 0.4) is 0 Å². The highest BCUT2D eigenvalue weighted by Gasteiger charge is 2.46. The van der Waals surface area contributed by atoms with Gasteiger partial charge in [0.2, 0.25) is 0 Å². The number of halogens is 1. The predicted molar refractivity (Wildman–Crippen MR) is 116 cm³/mol. The highest BCUT2D eigenvalue weighted by Crippen LogP contribution is 2.41. The van der Waals surface area contributed by atoms with Gasteiger partial charge in [-0.15, -0.1) is 0 Å². The van der Waals surface area contributed by atoms with Crippen molar-refractivity contribution in [3.63, 3.8) is 0 Å². The Bertz CT molecular complexity index is 1150. The molecule has 1 saturated heterocycles. The molecule has 1 aliphatic rings. The fourth-order valence-corrected chi connectivity index (χ4v) is 3.89. The Morgan fingerprint density at radius 2 is 1.94 bits per heavy atom. The van der Waals surface area contributed by atoms with Crippen LogP contribution in [0.15, 0.2) is 76.9 Å². The lowest BCUT2D eigenvalue weighted by Crippen LogP contribution is -2.29. The van der Waals surface area contributed by atoms with E-state index in [1.54, 1.807) is 60.7 Å². The van der Waals surface area contributed by atoms with Crippen LogP contribution < -0.4 is 4.74 Å². The highest BCUT2D eigenvalue weighted by atomic mass is 35.5. The van der Waals surface area contributed by atoms with E-state index >= 15 is 0 Å². The van der Waals surface area contributed by atoms with Crippen molar-refractivity contribution in [2.75, 3.05) is 6.61 Å². The zero-order valence-electron chi connectivity index (χ0n) is 16.7. The number of nitrogens with zero attached hydrogens (tertiary/aromatic N) is 1. The fourth-order valence-electron chi connectivity index (χ4n) is 3.69. The summed E-state index contributed by atoms with van der Waals surface area (Å²) in [7, 11) is 0. The van der Waals surface area contributed by atoms with Gasteiger partial charge in [0.1, 0.15) is 17.3 Å². The van der Waals surface area contributed by atoms with Crippen LogP contribution in [0.5, 0.6) is 5.75 Å². The Kier molecular flexibility index (Phi) is 5.82. The van der Waals surface area contributed by atoms with E-state index < -0.39 is 17.7 Å². The van der Waals surface area contributed by atoms with Crippen molar-refractivity contribution < 1.29 is 23.8 Å². The zero-order chi connectivity index (χ0) is 22.0. The van der Waals surface area contributed by atoms with Gasteiger partial charge >= 0.3 is 0 Å². The van der Waals surface area contributed by atoms with Gasteiger partial charge < -0.3 is 19.2 Å². The Morgan fingerprint density at radius 1 is 1.13 bits per heavy atom. The summed E-state index contributed by atoms with van der Waals surface area (Å²) < 4.78 is 10.9. The molecule has 1 fully saturated rings. The van der Waals surface area contributed by atoms with Crippen LogP contribution in [-0.2, 0) is 16.1 Å². The first kappa shape index (κ1) is 20.8. The van der Waals surface area contributed by atoms with E-state index in [0.29, 0.717) is 34.3 Å². The average Bonchev–Trinajstić information content (AvgIpc) is 3.36. The minimum atomic E-state index is -0.820. The maximum absolute atomic E-state index is 13.0. The first-order valence-electron chi connectivity index (χ1n) is 9.79. The van der Waals surface area contributed by atoms with Gasteiger partial charge in [-0.25, -0.2) is 0 Å². The number of hydrogen-bond donors (Lipinski definition) is 1. The van der Waals surface area contributed by atoms with Crippen LogP contribution in [0, 0.1) is 0 Å². The topological polar surface area (TPSA) is 80.0 Å². The third kappa shape index (κ3) is 4.07. The second-order valence-electron chi connectivity index (χ2n) is 7.02. The van der Waals surface area contributed by atoms with Crippen LogP contribution in [0.25, 0.3) is 5.76 Å². The molecular formula is C24H20ClNO5. The smallest absolute Gasteiger partial charge is 0.296 e. The minimum Gasteiger partial charge on any atom is -0.507 e. The number of furan rings is 1. The fraction of sp³-hybridized carbons (Fsp3) is 0.167. The van der Waals surface area contributed by atoms with Crippen molar-refractivity contribution in [2.24, 2.45) is 0 Å². The number of benzene rings is 2. The van der Waals surface area contributed by atoms with Gasteiger partial charge in [0.05, 0.1) is 31.0 Å². The quantitative estimate of drug-likeness (QED) is 0.335. The Hall–Kier alpha value is -3.51. The first-order valence-corrected chi connectivity index (χ1v) is 10.2. The summed E-state index contributed by atoms with van der Waals surface area (Å²) in [5.74, 6) is -0.686. The first-order chi connectivity index (χ1) is 15.0. The van der Waals surface area contributed by atoms with E-state index in [2.05, 4.69) is 0 Å². The standard InChI is InChI=1S/C24H20ClNO5/c1-2-30-18-9-4-7-16(13-18)22(27)20-21(15-6-3-8-17(25)12-15)26(24(29)23(20)28)14-19-10-5-11-31-19/h3-13,21,27H,2,14H2,1H3/b22-20+. The van der Waals surface area contributed by atoms with Crippen molar-refractivity contribution in [2.45, 2.75) is 19.5 Å². The van der Waals surface area contributed by atoms with Crippen molar-refractivity contribution in [1.29, 1.82) is 0 Å². The predicted octanol–water partition coefficient (Wildman–Crippen LogP) is 4.95. The van der Waals surface area contributed by atoms with Gasteiger partial charge in [0, 0.05) is 10.6 Å². The monoisotopic (exact) mass is 437 g/mol. The normalized spacial score (nSPS) is 17.9. The summed E-state index contributed by atoms with van der Waals surface area (Å²) in [5, 5.41) is 11.6. The van der Waals surface area contributed by atoms with E-state index in [-0.39, 0.29) is 17.9 Å². The molecule has 1 N–H and O–H groups in total. The number of aliphatic hydroxyl groups excluding tert-OH is 1. The number of carbonyl (C=O) groups excluding carboxylic acids is 2. The SMILES string of the molecule is CCOc1cccc(/C(O)=C2\C(=O)C(=O)N(Cc3ccco3)C2c2cccc(Cl)c2)c1. The number of rotatable bonds is 6.